The summed E-state index contributed by atoms with van der Waals surface area (Å²) in [5.41, 5.74) is 6.82. The molecule has 0 fully saturated rings. The number of nitrogens with one attached hydrogen (secondary N) is 1. The third-order valence-electron chi connectivity index (χ3n) is 3.25. The molecule has 6 nitrogen and oxygen atoms in total. The second kappa shape index (κ2) is 6.23. The summed E-state index contributed by atoms with van der Waals surface area (Å²) in [4.78, 5) is 23.2. The number of aromatic nitrogens is 1. The summed E-state index contributed by atoms with van der Waals surface area (Å²) < 4.78 is 7.33. The summed E-state index contributed by atoms with van der Waals surface area (Å²) in [6, 6.07) is 13.1. The molecule has 0 atom stereocenters. The first-order chi connectivity index (χ1) is 11.1. The SMILES string of the molecule is Nc1ccc(NC(=O)c2ccc(Cn3ccc(=O)cc3)o2)cc1. The number of hydrogen-bond donors (Lipinski definition) is 2. The number of furan rings is 1. The largest absolute Gasteiger partial charge is 0.454 e. The van der Waals surface area contributed by atoms with Crippen LogP contribution in [0.5, 0.6) is 0 Å². The van der Waals surface area contributed by atoms with Gasteiger partial charge in [0.05, 0.1) is 6.54 Å². The van der Waals surface area contributed by atoms with Crippen molar-refractivity contribution in [2.45, 2.75) is 6.54 Å². The van der Waals surface area contributed by atoms with E-state index in [0.29, 0.717) is 23.7 Å². The molecule has 0 aliphatic heterocycles. The Balaban J connectivity index is 1.68. The van der Waals surface area contributed by atoms with Gasteiger partial charge in [-0.15, -0.1) is 0 Å². The van der Waals surface area contributed by atoms with E-state index in [-0.39, 0.29) is 17.1 Å². The molecule has 6 heteroatoms. The first kappa shape index (κ1) is 14.6. The van der Waals surface area contributed by atoms with E-state index in [2.05, 4.69) is 5.32 Å². The lowest BCUT2D eigenvalue weighted by atomic mass is 10.3. The molecule has 0 bridgehead atoms. The highest BCUT2D eigenvalue weighted by atomic mass is 16.4. The van der Waals surface area contributed by atoms with Gasteiger partial charge in [0.2, 0.25) is 0 Å². The number of benzene rings is 1. The lowest BCUT2D eigenvalue weighted by Gasteiger charge is -2.04. The van der Waals surface area contributed by atoms with Crippen LogP contribution in [0, 0.1) is 0 Å². The van der Waals surface area contributed by atoms with Crippen LogP contribution in [0.1, 0.15) is 16.3 Å². The zero-order valence-corrected chi connectivity index (χ0v) is 12.2. The van der Waals surface area contributed by atoms with Crippen molar-refractivity contribution in [2.24, 2.45) is 0 Å². The fourth-order valence-electron chi connectivity index (χ4n) is 2.07. The van der Waals surface area contributed by atoms with Crippen molar-refractivity contribution < 1.29 is 9.21 Å². The van der Waals surface area contributed by atoms with Gasteiger partial charge < -0.3 is 20.0 Å². The maximum absolute atomic E-state index is 12.1. The zero-order valence-electron chi connectivity index (χ0n) is 12.2. The number of carbonyl (C=O) groups is 1. The van der Waals surface area contributed by atoms with E-state index < -0.39 is 0 Å². The Bertz CT molecular complexity index is 858. The van der Waals surface area contributed by atoms with Gasteiger partial charge in [0.1, 0.15) is 5.76 Å². The highest BCUT2D eigenvalue weighted by Gasteiger charge is 2.11. The number of pyridine rings is 1. The minimum absolute atomic E-state index is 0.0516. The van der Waals surface area contributed by atoms with Gasteiger partial charge in [-0.3, -0.25) is 9.59 Å². The topological polar surface area (TPSA) is 90.3 Å². The average molecular weight is 309 g/mol. The van der Waals surface area contributed by atoms with Gasteiger partial charge in [-0.2, -0.15) is 0 Å². The van der Waals surface area contributed by atoms with Crippen molar-refractivity contribution in [2.75, 3.05) is 11.1 Å². The predicted molar refractivity (Wildman–Crippen MR) is 87.3 cm³/mol. The number of nitrogen functional groups attached to an aromatic ring is 1. The highest BCUT2D eigenvalue weighted by Crippen LogP contribution is 2.14. The smallest absolute Gasteiger partial charge is 0.291 e. The second-order valence-corrected chi connectivity index (χ2v) is 5.05. The van der Waals surface area contributed by atoms with Crippen LogP contribution in [0.15, 0.2) is 70.1 Å². The van der Waals surface area contributed by atoms with E-state index in [1.807, 2.05) is 0 Å². The predicted octanol–water partition coefficient (Wildman–Crippen LogP) is 2.32. The molecule has 0 radical (unpaired) electrons. The molecule has 0 saturated heterocycles. The summed E-state index contributed by atoms with van der Waals surface area (Å²) in [6.07, 6.45) is 3.33. The van der Waals surface area contributed by atoms with Gasteiger partial charge >= 0.3 is 0 Å². The lowest BCUT2D eigenvalue weighted by molar-refractivity contribution is 0.0995. The standard InChI is InChI=1S/C17H15N3O3/c18-12-1-3-13(4-2-12)19-17(22)16-6-5-15(23-16)11-20-9-7-14(21)8-10-20/h1-10H,11,18H2,(H,19,22). The van der Waals surface area contributed by atoms with Crippen LogP contribution in [-0.2, 0) is 6.54 Å². The molecule has 3 aromatic rings. The van der Waals surface area contributed by atoms with E-state index >= 15 is 0 Å². The summed E-state index contributed by atoms with van der Waals surface area (Å²) >= 11 is 0. The van der Waals surface area contributed by atoms with Crippen LogP contribution in [-0.4, -0.2) is 10.5 Å². The third kappa shape index (κ3) is 3.68. The van der Waals surface area contributed by atoms with Crippen LogP contribution in [0.3, 0.4) is 0 Å². The van der Waals surface area contributed by atoms with Crippen LogP contribution < -0.4 is 16.5 Å². The summed E-state index contributed by atoms with van der Waals surface area (Å²) in [7, 11) is 0. The van der Waals surface area contributed by atoms with Gasteiger partial charge in [-0.05, 0) is 36.4 Å². The van der Waals surface area contributed by atoms with E-state index in [1.165, 1.54) is 12.1 Å². The van der Waals surface area contributed by atoms with Crippen LogP contribution >= 0.6 is 0 Å². The number of nitrogens with zero attached hydrogens (tertiary/aromatic N) is 1. The molecule has 1 aromatic carbocycles. The van der Waals surface area contributed by atoms with E-state index in [4.69, 9.17) is 10.2 Å². The summed E-state index contributed by atoms with van der Waals surface area (Å²) in [5.74, 6) is 0.509. The molecule has 2 heterocycles. The van der Waals surface area contributed by atoms with Crippen LogP contribution in [0.4, 0.5) is 11.4 Å². The molecule has 2 aromatic heterocycles. The molecule has 0 aliphatic rings. The Kier molecular flexibility index (Phi) is 3.97. The van der Waals surface area contributed by atoms with E-state index in [9.17, 15) is 9.59 Å². The Morgan fingerprint density at radius 2 is 1.74 bits per heavy atom. The first-order valence-electron chi connectivity index (χ1n) is 7.02. The van der Waals surface area contributed by atoms with Gasteiger partial charge in [-0.1, -0.05) is 0 Å². The fraction of sp³-hybridized carbons (Fsp3) is 0.0588. The number of hydrogen-bond acceptors (Lipinski definition) is 4. The molecule has 0 unspecified atom stereocenters. The molecule has 3 N–H and O–H groups in total. The van der Waals surface area contributed by atoms with Crippen molar-refractivity contribution in [3.63, 3.8) is 0 Å². The van der Waals surface area contributed by atoms with Crippen LogP contribution in [0.2, 0.25) is 0 Å². The highest BCUT2D eigenvalue weighted by molar-refractivity contribution is 6.02. The Morgan fingerprint density at radius 1 is 1.04 bits per heavy atom. The zero-order chi connectivity index (χ0) is 16.2. The summed E-state index contributed by atoms with van der Waals surface area (Å²) in [6.45, 7) is 0.440. The number of nitrogens with two attached hydrogens (primary N) is 1. The molecule has 0 spiro atoms. The third-order valence-corrected chi connectivity index (χ3v) is 3.25. The number of carbonyl (C=O) groups excluding carboxylic acids is 1. The molecule has 3 rings (SSSR count). The Labute approximate surface area is 132 Å². The monoisotopic (exact) mass is 309 g/mol. The Morgan fingerprint density at radius 3 is 2.43 bits per heavy atom. The minimum Gasteiger partial charge on any atom is -0.454 e. The second-order valence-electron chi connectivity index (χ2n) is 5.05. The Hall–Kier alpha value is -3.28. The van der Waals surface area contributed by atoms with Crippen molar-refractivity contribution in [3.05, 3.63) is 82.7 Å². The van der Waals surface area contributed by atoms with E-state index in [1.54, 1.807) is 53.4 Å². The van der Waals surface area contributed by atoms with Crippen molar-refractivity contribution in [3.8, 4) is 0 Å². The number of anilines is 2. The number of amides is 1. The van der Waals surface area contributed by atoms with Crippen molar-refractivity contribution in [1.29, 1.82) is 0 Å². The normalized spacial score (nSPS) is 10.4. The maximum Gasteiger partial charge on any atom is 0.291 e. The average Bonchev–Trinajstić information content (AvgIpc) is 3.00. The first-order valence-corrected chi connectivity index (χ1v) is 7.02. The van der Waals surface area contributed by atoms with Gasteiger partial charge in [0.15, 0.2) is 11.2 Å². The maximum atomic E-state index is 12.1. The molecular formula is C17H15N3O3. The molecule has 0 aliphatic carbocycles. The minimum atomic E-state index is -0.332. The van der Waals surface area contributed by atoms with E-state index in [0.717, 1.165) is 0 Å². The fourth-order valence-corrected chi connectivity index (χ4v) is 2.07. The van der Waals surface area contributed by atoms with Gasteiger partial charge in [-0.25, -0.2) is 0 Å². The molecule has 0 saturated carbocycles. The molecule has 116 valence electrons. The molecule has 23 heavy (non-hydrogen) atoms. The molecule has 1 amide bonds. The quantitative estimate of drug-likeness (QED) is 0.724. The lowest BCUT2D eigenvalue weighted by Crippen LogP contribution is -2.10. The number of rotatable bonds is 4. The van der Waals surface area contributed by atoms with Gasteiger partial charge in [0, 0.05) is 35.9 Å². The summed E-state index contributed by atoms with van der Waals surface area (Å²) in [5, 5.41) is 2.73. The van der Waals surface area contributed by atoms with Crippen LogP contribution in [0.25, 0.3) is 0 Å². The van der Waals surface area contributed by atoms with Gasteiger partial charge in [0.25, 0.3) is 5.91 Å². The van der Waals surface area contributed by atoms with Crippen molar-refractivity contribution >= 4 is 17.3 Å². The molecular weight excluding hydrogens is 294 g/mol. The van der Waals surface area contributed by atoms with Crippen molar-refractivity contribution in [1.82, 2.24) is 4.57 Å².